The number of aromatic nitrogens is 6. The van der Waals surface area contributed by atoms with Crippen molar-refractivity contribution in [3.05, 3.63) is 81.4 Å². The Kier molecular flexibility index (Phi) is 8.97. The molecule has 2 N–H and O–H groups in total. The normalized spacial score (nSPS) is 12.1. The highest BCUT2D eigenvalue weighted by molar-refractivity contribution is 6.32. The van der Waals surface area contributed by atoms with Gasteiger partial charge in [-0.15, -0.1) is 5.10 Å². The molecule has 2 amide bonds. The topological polar surface area (TPSA) is 143 Å². The van der Waals surface area contributed by atoms with Gasteiger partial charge in [-0.3, -0.25) is 9.59 Å². The molecule has 0 spiro atoms. The minimum Gasteiger partial charge on any atom is -0.347 e. The van der Waals surface area contributed by atoms with E-state index in [-0.39, 0.29) is 38.9 Å². The number of carbonyl (C=O) groups is 2. The predicted octanol–water partition coefficient (Wildman–Crippen LogP) is 5.26. The molecule has 0 unspecified atom stereocenters. The van der Waals surface area contributed by atoms with E-state index in [1.165, 1.54) is 30.3 Å². The monoisotopic (exact) mass is 649 g/mol. The molecule has 0 aliphatic heterocycles. The fourth-order valence-electron chi connectivity index (χ4n) is 4.18. The zero-order chi connectivity index (χ0) is 33.3. The molecule has 0 aliphatic carbocycles. The number of nitriles is 1. The molecule has 4 aromatic rings. The Hall–Kier alpha value is -4.91. The highest BCUT2D eigenvalue weighted by atomic mass is 35.5. The number of rotatable bonds is 8. The summed E-state index contributed by atoms with van der Waals surface area (Å²) in [4.78, 5) is 27.0. The second-order valence-corrected chi connectivity index (χ2v) is 11.4. The SMILES string of the molecule is Cc1cc(C#N)cc(C(=O)NC(C)(C)C)c1NC(=O)c1cc(Cn2nnnc2CC(F)(F)C(F)(F)F)nn1-c1ccccc1Cl. The second kappa shape index (κ2) is 12.2. The van der Waals surface area contributed by atoms with Gasteiger partial charge in [0.1, 0.15) is 5.69 Å². The minimum atomic E-state index is -5.83. The summed E-state index contributed by atoms with van der Waals surface area (Å²) >= 11 is 6.37. The maximum atomic E-state index is 13.8. The van der Waals surface area contributed by atoms with Crippen molar-refractivity contribution >= 4 is 29.1 Å². The van der Waals surface area contributed by atoms with Crippen LogP contribution in [0.1, 0.15) is 64.3 Å². The molecule has 2 heterocycles. The van der Waals surface area contributed by atoms with E-state index in [2.05, 4.69) is 31.3 Å². The van der Waals surface area contributed by atoms with Crippen LogP contribution in [0, 0.1) is 18.3 Å². The standard InChI is InChI=1S/C28H25ClF5N9O2/c1-15-9-16(13-35)10-18(24(44)37-26(2,3)4)23(15)36-25(45)21-11-17(39-43(21)20-8-6-5-7-19(20)29)14-42-22(38-40-41-42)12-27(30,31)28(32,33)34/h5-11H,12,14H2,1-4H3,(H,36,45)(H,37,44). The molecule has 17 heteroatoms. The number of benzene rings is 2. The van der Waals surface area contributed by atoms with Crippen molar-refractivity contribution < 1.29 is 31.5 Å². The molecule has 0 radical (unpaired) electrons. The maximum Gasteiger partial charge on any atom is 0.453 e. The number of hydrogen-bond donors (Lipinski definition) is 2. The van der Waals surface area contributed by atoms with Gasteiger partial charge in [0.15, 0.2) is 5.82 Å². The Morgan fingerprint density at radius 2 is 1.73 bits per heavy atom. The number of tetrazole rings is 1. The van der Waals surface area contributed by atoms with Crippen LogP contribution in [0.5, 0.6) is 0 Å². The smallest absolute Gasteiger partial charge is 0.347 e. The van der Waals surface area contributed by atoms with Gasteiger partial charge in [0.25, 0.3) is 11.8 Å². The first-order valence-electron chi connectivity index (χ1n) is 13.1. The first-order valence-corrected chi connectivity index (χ1v) is 13.5. The summed E-state index contributed by atoms with van der Waals surface area (Å²) in [5.74, 6) is -7.21. The number of alkyl halides is 5. The van der Waals surface area contributed by atoms with Crippen LogP contribution >= 0.6 is 11.6 Å². The van der Waals surface area contributed by atoms with Crippen molar-refractivity contribution in [3.63, 3.8) is 0 Å². The molecule has 0 bridgehead atoms. The van der Waals surface area contributed by atoms with Crippen molar-refractivity contribution in [3.8, 4) is 11.8 Å². The van der Waals surface area contributed by atoms with Crippen LogP contribution < -0.4 is 10.6 Å². The zero-order valence-electron chi connectivity index (χ0n) is 24.2. The van der Waals surface area contributed by atoms with E-state index in [4.69, 9.17) is 11.6 Å². The van der Waals surface area contributed by atoms with Crippen LogP contribution in [-0.2, 0) is 13.0 Å². The van der Waals surface area contributed by atoms with Gasteiger partial charge in [0.05, 0.1) is 52.3 Å². The molecule has 45 heavy (non-hydrogen) atoms. The Balaban J connectivity index is 1.75. The lowest BCUT2D eigenvalue weighted by atomic mass is 10.0. The molecular weight excluding hydrogens is 625 g/mol. The first kappa shape index (κ1) is 33.0. The lowest BCUT2D eigenvalue weighted by molar-refractivity contribution is -0.281. The van der Waals surface area contributed by atoms with E-state index < -0.39 is 48.2 Å². The molecule has 0 atom stereocenters. The van der Waals surface area contributed by atoms with Crippen molar-refractivity contribution in [2.24, 2.45) is 0 Å². The fraction of sp³-hybridized carbons (Fsp3) is 0.321. The average Bonchev–Trinajstić information content (AvgIpc) is 3.54. The number of aryl methyl sites for hydroxylation is 1. The van der Waals surface area contributed by atoms with Gasteiger partial charge in [-0.2, -0.15) is 32.3 Å². The molecule has 236 valence electrons. The molecular formula is C28H25ClF5N9O2. The Morgan fingerprint density at radius 3 is 2.36 bits per heavy atom. The number of para-hydroxylation sites is 1. The second-order valence-electron chi connectivity index (χ2n) is 11.0. The van der Waals surface area contributed by atoms with Crippen LogP contribution in [0.15, 0.2) is 42.5 Å². The maximum absolute atomic E-state index is 13.8. The van der Waals surface area contributed by atoms with Crippen LogP contribution in [0.3, 0.4) is 0 Å². The lowest BCUT2D eigenvalue weighted by Gasteiger charge is -2.22. The molecule has 2 aromatic heterocycles. The van der Waals surface area contributed by atoms with E-state index >= 15 is 0 Å². The largest absolute Gasteiger partial charge is 0.453 e. The molecule has 0 fully saturated rings. The predicted molar refractivity (Wildman–Crippen MR) is 151 cm³/mol. The number of nitrogens with one attached hydrogen (secondary N) is 2. The van der Waals surface area contributed by atoms with Crippen molar-refractivity contribution in [1.29, 1.82) is 5.26 Å². The zero-order valence-corrected chi connectivity index (χ0v) is 24.9. The van der Waals surface area contributed by atoms with E-state index in [9.17, 15) is 36.8 Å². The molecule has 0 aliphatic rings. The quantitative estimate of drug-likeness (QED) is 0.248. The van der Waals surface area contributed by atoms with E-state index in [1.54, 1.807) is 39.8 Å². The summed E-state index contributed by atoms with van der Waals surface area (Å²) in [5.41, 5.74) is 0.153. The van der Waals surface area contributed by atoms with E-state index in [0.717, 1.165) is 4.68 Å². The average molecular weight is 650 g/mol. The first-order chi connectivity index (χ1) is 20.9. The highest BCUT2D eigenvalue weighted by Crippen LogP contribution is 2.37. The van der Waals surface area contributed by atoms with Gasteiger partial charge >= 0.3 is 12.1 Å². The summed E-state index contributed by atoms with van der Waals surface area (Å²) in [6.07, 6.45) is -7.65. The number of halogens is 6. The van der Waals surface area contributed by atoms with Crippen LogP contribution in [0.2, 0.25) is 5.02 Å². The van der Waals surface area contributed by atoms with Crippen molar-refractivity contribution in [1.82, 2.24) is 35.3 Å². The number of amides is 2. The van der Waals surface area contributed by atoms with Crippen molar-refractivity contribution in [2.45, 2.75) is 58.3 Å². The molecule has 2 aromatic carbocycles. The number of hydrogen-bond acceptors (Lipinski definition) is 7. The van der Waals surface area contributed by atoms with Gasteiger partial charge in [-0.05, 0) is 74.0 Å². The Labute approximate surface area is 258 Å². The number of carbonyl (C=O) groups excluding carboxylic acids is 2. The highest BCUT2D eigenvalue weighted by Gasteiger charge is 2.58. The van der Waals surface area contributed by atoms with Crippen LogP contribution in [0.4, 0.5) is 27.6 Å². The van der Waals surface area contributed by atoms with Crippen LogP contribution in [0.25, 0.3) is 5.69 Å². The molecule has 4 rings (SSSR count). The Morgan fingerprint density at radius 1 is 1.04 bits per heavy atom. The third kappa shape index (κ3) is 7.43. The lowest BCUT2D eigenvalue weighted by Crippen LogP contribution is -2.41. The fourth-order valence-corrected chi connectivity index (χ4v) is 4.40. The summed E-state index contributed by atoms with van der Waals surface area (Å²) in [7, 11) is 0. The molecule has 11 nitrogen and oxygen atoms in total. The van der Waals surface area contributed by atoms with Gasteiger partial charge in [-0.1, -0.05) is 23.7 Å². The van der Waals surface area contributed by atoms with Gasteiger partial charge < -0.3 is 10.6 Å². The third-order valence-electron chi connectivity index (χ3n) is 6.22. The molecule has 0 saturated heterocycles. The van der Waals surface area contributed by atoms with E-state index in [0.29, 0.717) is 10.2 Å². The van der Waals surface area contributed by atoms with E-state index in [1.807, 2.05) is 6.07 Å². The summed E-state index contributed by atoms with van der Waals surface area (Å²) < 4.78 is 67.8. The summed E-state index contributed by atoms with van der Waals surface area (Å²) in [5, 5.41) is 29.5. The number of anilines is 1. The third-order valence-corrected chi connectivity index (χ3v) is 6.54. The number of nitrogens with zero attached hydrogens (tertiary/aromatic N) is 7. The molecule has 0 saturated carbocycles. The van der Waals surface area contributed by atoms with Crippen molar-refractivity contribution in [2.75, 3.05) is 5.32 Å². The van der Waals surface area contributed by atoms with Crippen LogP contribution in [-0.4, -0.2) is 59.4 Å². The van der Waals surface area contributed by atoms with Gasteiger partial charge in [0, 0.05) is 5.54 Å². The minimum absolute atomic E-state index is 0.00574. The van der Waals surface area contributed by atoms with Gasteiger partial charge in [-0.25, -0.2) is 9.36 Å². The summed E-state index contributed by atoms with van der Waals surface area (Å²) in [6, 6.07) is 12.3. The summed E-state index contributed by atoms with van der Waals surface area (Å²) in [6.45, 7) is 6.39. The Bertz CT molecular complexity index is 1800. The van der Waals surface area contributed by atoms with Gasteiger partial charge in [0.2, 0.25) is 0 Å².